The monoisotopic (exact) mass is 217 g/mol. The number of thioether (sulfide) groups is 1. The molecule has 2 unspecified atom stereocenters. The van der Waals surface area contributed by atoms with Crippen molar-refractivity contribution in [2.45, 2.75) is 30.8 Å². The normalized spacial score (nSPS) is 34.9. The molecule has 14 heavy (non-hydrogen) atoms. The van der Waals surface area contributed by atoms with Crippen molar-refractivity contribution in [3.05, 3.63) is 0 Å². The molecular weight excluding hydrogens is 198 g/mol. The summed E-state index contributed by atoms with van der Waals surface area (Å²) in [6.45, 7) is 3.05. The van der Waals surface area contributed by atoms with E-state index in [0.717, 1.165) is 32.0 Å². The van der Waals surface area contributed by atoms with Gasteiger partial charge in [-0.2, -0.15) is 11.8 Å². The molecule has 2 aliphatic heterocycles. The predicted molar refractivity (Wildman–Crippen MR) is 58.4 cm³/mol. The van der Waals surface area contributed by atoms with Crippen LogP contribution in [0.1, 0.15) is 19.3 Å². The van der Waals surface area contributed by atoms with E-state index in [2.05, 4.69) is 5.32 Å². The molecule has 2 saturated heterocycles. The van der Waals surface area contributed by atoms with Gasteiger partial charge in [0.2, 0.25) is 0 Å². The molecule has 0 aromatic rings. The first kappa shape index (κ1) is 10.7. The molecule has 0 aliphatic carbocycles. The molecule has 0 spiro atoms. The fourth-order valence-corrected chi connectivity index (χ4v) is 3.39. The van der Waals surface area contributed by atoms with E-state index in [1.165, 1.54) is 18.6 Å². The minimum atomic E-state index is -0.512. The Kier molecular flexibility index (Phi) is 4.10. The quantitative estimate of drug-likeness (QED) is 0.734. The summed E-state index contributed by atoms with van der Waals surface area (Å²) in [5.41, 5.74) is 0. The molecule has 2 heterocycles. The molecule has 2 N–H and O–H groups in total. The van der Waals surface area contributed by atoms with Gasteiger partial charge in [-0.05, 0) is 44.0 Å². The molecule has 0 radical (unpaired) electrons. The first-order valence-corrected chi connectivity index (χ1v) is 6.53. The Morgan fingerprint density at radius 3 is 2.71 bits per heavy atom. The average Bonchev–Trinajstić information content (AvgIpc) is 2.63. The summed E-state index contributed by atoms with van der Waals surface area (Å²) in [5.74, 6) is 2.03. The van der Waals surface area contributed by atoms with Gasteiger partial charge in [0.1, 0.15) is 0 Å². The molecule has 0 amide bonds. The number of piperidine rings is 1. The molecule has 2 atom stereocenters. The highest BCUT2D eigenvalue weighted by molar-refractivity contribution is 7.99. The molecule has 0 aromatic carbocycles. The van der Waals surface area contributed by atoms with Crippen LogP contribution in [-0.2, 0) is 4.74 Å². The van der Waals surface area contributed by atoms with Gasteiger partial charge in [0.05, 0.1) is 11.9 Å². The van der Waals surface area contributed by atoms with E-state index in [1.54, 1.807) is 0 Å². The van der Waals surface area contributed by atoms with Gasteiger partial charge >= 0.3 is 0 Å². The van der Waals surface area contributed by atoms with Crippen molar-refractivity contribution < 1.29 is 9.84 Å². The van der Waals surface area contributed by atoms with Crippen molar-refractivity contribution in [2.75, 3.05) is 25.4 Å². The average molecular weight is 217 g/mol. The summed E-state index contributed by atoms with van der Waals surface area (Å²) in [4.78, 5) is 0. The van der Waals surface area contributed by atoms with Gasteiger partial charge in [0, 0.05) is 0 Å². The lowest BCUT2D eigenvalue weighted by Gasteiger charge is -2.23. The number of rotatable bonds is 3. The van der Waals surface area contributed by atoms with Gasteiger partial charge in [-0.25, -0.2) is 0 Å². The number of aliphatic hydroxyl groups excluding tert-OH is 1. The third-order valence-electron chi connectivity index (χ3n) is 3.01. The van der Waals surface area contributed by atoms with Gasteiger partial charge in [-0.15, -0.1) is 0 Å². The van der Waals surface area contributed by atoms with Gasteiger partial charge in [-0.3, -0.25) is 0 Å². The van der Waals surface area contributed by atoms with E-state index < -0.39 is 6.29 Å². The predicted octanol–water partition coefficient (Wildman–Crippen LogP) is 0.827. The van der Waals surface area contributed by atoms with Gasteiger partial charge in [0.15, 0.2) is 6.29 Å². The fourth-order valence-electron chi connectivity index (χ4n) is 2.03. The van der Waals surface area contributed by atoms with Crippen LogP contribution in [0, 0.1) is 5.92 Å². The van der Waals surface area contributed by atoms with Crippen molar-refractivity contribution in [3.8, 4) is 0 Å². The van der Waals surface area contributed by atoms with E-state index in [4.69, 9.17) is 4.74 Å². The van der Waals surface area contributed by atoms with E-state index in [0.29, 0.717) is 5.25 Å². The highest BCUT2D eigenvalue weighted by atomic mass is 32.2. The standard InChI is InChI=1S/C10H19NO2S/c12-10-9(3-6-13-10)14-7-8-1-4-11-5-2-8/h8-12H,1-7H2. The van der Waals surface area contributed by atoms with Crippen molar-refractivity contribution in [2.24, 2.45) is 5.92 Å². The number of hydrogen-bond acceptors (Lipinski definition) is 4. The summed E-state index contributed by atoms with van der Waals surface area (Å²) in [7, 11) is 0. The van der Waals surface area contributed by atoms with Gasteiger partial charge < -0.3 is 15.2 Å². The minimum Gasteiger partial charge on any atom is -0.367 e. The van der Waals surface area contributed by atoms with Crippen LogP contribution in [0.4, 0.5) is 0 Å². The van der Waals surface area contributed by atoms with Crippen LogP contribution in [0.5, 0.6) is 0 Å². The molecule has 0 saturated carbocycles. The molecule has 0 bridgehead atoms. The van der Waals surface area contributed by atoms with Crippen LogP contribution >= 0.6 is 11.8 Å². The maximum atomic E-state index is 9.46. The van der Waals surface area contributed by atoms with Crippen molar-refractivity contribution in [1.82, 2.24) is 5.32 Å². The maximum absolute atomic E-state index is 9.46. The van der Waals surface area contributed by atoms with Crippen LogP contribution < -0.4 is 5.32 Å². The Balaban J connectivity index is 1.65. The summed E-state index contributed by atoms with van der Waals surface area (Å²) in [6, 6.07) is 0. The van der Waals surface area contributed by atoms with Crippen LogP contribution in [-0.4, -0.2) is 42.1 Å². The van der Waals surface area contributed by atoms with E-state index in [1.807, 2.05) is 11.8 Å². The number of nitrogens with one attached hydrogen (secondary N) is 1. The Bertz CT molecular complexity index is 174. The summed E-state index contributed by atoms with van der Waals surface area (Å²) < 4.78 is 5.13. The highest BCUT2D eigenvalue weighted by Gasteiger charge is 2.27. The molecule has 82 valence electrons. The topological polar surface area (TPSA) is 41.5 Å². The lowest BCUT2D eigenvalue weighted by molar-refractivity contribution is -0.0561. The third kappa shape index (κ3) is 2.86. The number of aliphatic hydroxyl groups is 1. The Hall–Kier alpha value is 0.230. The van der Waals surface area contributed by atoms with Crippen LogP contribution in [0.2, 0.25) is 0 Å². The van der Waals surface area contributed by atoms with Gasteiger partial charge in [-0.1, -0.05) is 0 Å². The number of ether oxygens (including phenoxy) is 1. The first-order valence-electron chi connectivity index (χ1n) is 5.48. The van der Waals surface area contributed by atoms with Crippen LogP contribution in [0.3, 0.4) is 0 Å². The zero-order chi connectivity index (χ0) is 9.80. The minimum absolute atomic E-state index is 0.324. The Labute approximate surface area is 89.6 Å². The largest absolute Gasteiger partial charge is 0.367 e. The number of hydrogen-bond donors (Lipinski definition) is 2. The summed E-state index contributed by atoms with van der Waals surface area (Å²) >= 11 is 1.90. The summed E-state index contributed by atoms with van der Waals surface area (Å²) in [5, 5.41) is 13.2. The van der Waals surface area contributed by atoms with E-state index in [-0.39, 0.29) is 0 Å². The Morgan fingerprint density at radius 1 is 1.29 bits per heavy atom. The molecule has 2 aliphatic rings. The van der Waals surface area contributed by atoms with Crippen LogP contribution in [0.25, 0.3) is 0 Å². The zero-order valence-electron chi connectivity index (χ0n) is 8.45. The molecule has 2 fully saturated rings. The summed E-state index contributed by atoms with van der Waals surface area (Å²) in [6.07, 6.45) is 3.08. The van der Waals surface area contributed by atoms with Crippen molar-refractivity contribution >= 4 is 11.8 Å². The van der Waals surface area contributed by atoms with Gasteiger partial charge in [0.25, 0.3) is 0 Å². The molecule has 2 rings (SSSR count). The molecular formula is C10H19NO2S. The second-order valence-electron chi connectivity index (χ2n) is 4.12. The van der Waals surface area contributed by atoms with Crippen LogP contribution in [0.15, 0.2) is 0 Å². The lowest BCUT2D eigenvalue weighted by Crippen LogP contribution is -2.29. The van der Waals surface area contributed by atoms with E-state index in [9.17, 15) is 5.11 Å². The van der Waals surface area contributed by atoms with E-state index >= 15 is 0 Å². The molecule has 3 nitrogen and oxygen atoms in total. The zero-order valence-corrected chi connectivity index (χ0v) is 9.26. The second-order valence-corrected chi connectivity index (χ2v) is 5.39. The Morgan fingerprint density at radius 2 is 2.07 bits per heavy atom. The first-order chi connectivity index (χ1) is 6.86. The smallest absolute Gasteiger partial charge is 0.166 e. The van der Waals surface area contributed by atoms with Crippen molar-refractivity contribution in [1.29, 1.82) is 0 Å². The molecule has 0 aromatic heterocycles. The van der Waals surface area contributed by atoms with Crippen molar-refractivity contribution in [3.63, 3.8) is 0 Å². The fraction of sp³-hybridized carbons (Fsp3) is 1.00. The maximum Gasteiger partial charge on any atom is 0.166 e. The lowest BCUT2D eigenvalue weighted by atomic mass is 10.0. The third-order valence-corrected chi connectivity index (χ3v) is 4.57. The highest BCUT2D eigenvalue weighted by Crippen LogP contribution is 2.28. The second kappa shape index (κ2) is 5.35. The SMILES string of the molecule is OC1OCCC1SCC1CCNCC1. The molecule has 4 heteroatoms.